The van der Waals surface area contributed by atoms with Gasteiger partial charge in [-0.15, -0.1) is 12.4 Å². The number of nitrogens with one attached hydrogen (secondary N) is 1. The maximum atomic E-state index is 10.4. The third kappa shape index (κ3) is 5.25. The number of pyridine rings is 1. The van der Waals surface area contributed by atoms with E-state index < -0.39 is 6.10 Å². The van der Waals surface area contributed by atoms with E-state index in [1.807, 2.05) is 74.8 Å². The van der Waals surface area contributed by atoms with Gasteiger partial charge in [-0.2, -0.15) is 0 Å². The number of ether oxygens (including phenoxy) is 1. The molecule has 3 aromatic carbocycles. The fourth-order valence-electron chi connectivity index (χ4n) is 3.64. The molecule has 4 aromatic rings. The number of aliphatic hydroxyl groups excluding tert-OH is 1. The van der Waals surface area contributed by atoms with Gasteiger partial charge in [-0.3, -0.25) is 0 Å². The van der Waals surface area contributed by atoms with E-state index in [-0.39, 0.29) is 12.4 Å². The lowest BCUT2D eigenvalue weighted by atomic mass is 10.0. The summed E-state index contributed by atoms with van der Waals surface area (Å²) < 4.78 is 5.43. The molecule has 0 aliphatic carbocycles. The Morgan fingerprint density at radius 3 is 2.44 bits per heavy atom. The summed E-state index contributed by atoms with van der Waals surface area (Å²) in [6.45, 7) is 0.834. The molecule has 1 heterocycles. The SMILES string of the molecule is COc1ccc2nc3cc(Cl)ccc3c(Nc3ccc(C(O)CCN(C)C)cc3)c2c1.Cl. The summed E-state index contributed by atoms with van der Waals surface area (Å²) in [4.78, 5) is 6.84. The fourth-order valence-corrected chi connectivity index (χ4v) is 3.80. The molecular formula is C25H27Cl2N3O2. The Kier molecular flexibility index (Phi) is 7.80. The fraction of sp³-hybridized carbons (Fsp3) is 0.240. The van der Waals surface area contributed by atoms with Gasteiger partial charge in [0.2, 0.25) is 0 Å². The van der Waals surface area contributed by atoms with Crippen LogP contribution in [0.4, 0.5) is 11.4 Å². The number of nitrogens with zero attached hydrogens (tertiary/aromatic N) is 2. The van der Waals surface area contributed by atoms with Crippen molar-refractivity contribution in [3.63, 3.8) is 0 Å². The van der Waals surface area contributed by atoms with Crippen molar-refractivity contribution in [2.45, 2.75) is 12.5 Å². The zero-order valence-electron chi connectivity index (χ0n) is 18.3. The van der Waals surface area contributed by atoms with E-state index in [4.69, 9.17) is 21.3 Å². The number of aromatic nitrogens is 1. The Labute approximate surface area is 199 Å². The van der Waals surface area contributed by atoms with Crippen LogP contribution in [0.5, 0.6) is 5.75 Å². The van der Waals surface area contributed by atoms with Crippen molar-refractivity contribution in [3.8, 4) is 5.75 Å². The minimum Gasteiger partial charge on any atom is -0.497 e. The smallest absolute Gasteiger partial charge is 0.119 e. The van der Waals surface area contributed by atoms with Crippen molar-refractivity contribution in [2.75, 3.05) is 33.1 Å². The Bertz CT molecular complexity index is 1210. The van der Waals surface area contributed by atoms with E-state index in [0.717, 1.165) is 51.0 Å². The molecule has 0 saturated heterocycles. The van der Waals surface area contributed by atoms with Gasteiger partial charge < -0.3 is 20.1 Å². The van der Waals surface area contributed by atoms with Crippen LogP contribution in [0.3, 0.4) is 0 Å². The zero-order valence-corrected chi connectivity index (χ0v) is 19.9. The van der Waals surface area contributed by atoms with Crippen LogP contribution in [0.25, 0.3) is 21.8 Å². The highest BCUT2D eigenvalue weighted by Crippen LogP contribution is 2.36. The molecule has 0 radical (unpaired) electrons. The number of anilines is 2. The first kappa shape index (κ1) is 24.1. The van der Waals surface area contributed by atoms with Crippen molar-refractivity contribution < 1.29 is 9.84 Å². The average molecular weight is 472 g/mol. The quantitative estimate of drug-likeness (QED) is 0.314. The minimum absolute atomic E-state index is 0. The van der Waals surface area contributed by atoms with Gasteiger partial charge in [0, 0.05) is 28.0 Å². The molecule has 0 bridgehead atoms. The van der Waals surface area contributed by atoms with E-state index in [9.17, 15) is 5.11 Å². The molecule has 32 heavy (non-hydrogen) atoms. The largest absolute Gasteiger partial charge is 0.497 e. The van der Waals surface area contributed by atoms with Crippen molar-refractivity contribution in [1.29, 1.82) is 0 Å². The van der Waals surface area contributed by atoms with Crippen molar-refractivity contribution >= 4 is 57.2 Å². The van der Waals surface area contributed by atoms with Gasteiger partial charge in [-0.25, -0.2) is 4.98 Å². The molecule has 4 rings (SSSR count). The predicted octanol–water partition coefficient (Wildman–Crippen LogP) is 6.20. The maximum Gasteiger partial charge on any atom is 0.119 e. The molecule has 1 unspecified atom stereocenters. The molecule has 168 valence electrons. The van der Waals surface area contributed by atoms with E-state index in [1.54, 1.807) is 7.11 Å². The van der Waals surface area contributed by atoms with Crippen LogP contribution in [0.1, 0.15) is 18.1 Å². The normalized spacial score (nSPS) is 12.1. The van der Waals surface area contributed by atoms with Gasteiger partial charge in [-0.05, 0) is 74.6 Å². The van der Waals surface area contributed by atoms with E-state index in [2.05, 4.69) is 10.2 Å². The number of hydrogen-bond acceptors (Lipinski definition) is 5. The lowest BCUT2D eigenvalue weighted by Crippen LogP contribution is -2.15. The Balaban J connectivity index is 0.00000289. The summed E-state index contributed by atoms with van der Waals surface area (Å²) in [5.41, 5.74) is 4.45. The van der Waals surface area contributed by atoms with Crippen LogP contribution in [0.15, 0.2) is 60.7 Å². The highest BCUT2D eigenvalue weighted by Gasteiger charge is 2.12. The number of benzene rings is 3. The number of halogens is 2. The summed E-state index contributed by atoms with van der Waals surface area (Å²) in [6.07, 6.45) is 0.213. The first-order valence-corrected chi connectivity index (χ1v) is 10.6. The molecule has 0 aliphatic heterocycles. The van der Waals surface area contributed by atoms with E-state index in [1.165, 1.54) is 0 Å². The Hall–Kier alpha value is -2.57. The second-order valence-electron chi connectivity index (χ2n) is 7.89. The second-order valence-corrected chi connectivity index (χ2v) is 8.32. The minimum atomic E-state index is -0.481. The van der Waals surface area contributed by atoms with Crippen LogP contribution in [0, 0.1) is 0 Å². The second kappa shape index (κ2) is 10.4. The van der Waals surface area contributed by atoms with Gasteiger partial charge in [0.25, 0.3) is 0 Å². The number of hydrogen-bond donors (Lipinski definition) is 2. The highest BCUT2D eigenvalue weighted by molar-refractivity contribution is 6.31. The molecule has 7 heteroatoms. The molecule has 0 aliphatic rings. The summed E-state index contributed by atoms with van der Waals surface area (Å²) in [7, 11) is 5.67. The van der Waals surface area contributed by atoms with E-state index in [0.29, 0.717) is 11.4 Å². The summed E-state index contributed by atoms with van der Waals surface area (Å²) in [6, 6.07) is 19.5. The van der Waals surface area contributed by atoms with Crippen molar-refractivity contribution in [3.05, 3.63) is 71.2 Å². The molecule has 0 spiro atoms. The standard InChI is InChI=1S/C25H26ClN3O2.ClH/c1-29(2)13-12-24(30)16-4-7-18(8-5-16)27-25-20-10-6-17(26)14-23(20)28-22-11-9-19(31-3)15-21(22)25;/h4-11,14-15,24,30H,12-13H2,1-3H3,(H,27,28);1H. The van der Waals surface area contributed by atoms with Gasteiger partial charge in [-0.1, -0.05) is 23.7 Å². The lowest BCUT2D eigenvalue weighted by Gasteiger charge is -2.17. The molecule has 0 amide bonds. The van der Waals surface area contributed by atoms with Crippen LogP contribution in [-0.4, -0.2) is 42.7 Å². The van der Waals surface area contributed by atoms with Crippen molar-refractivity contribution in [2.24, 2.45) is 0 Å². The Morgan fingerprint density at radius 2 is 1.75 bits per heavy atom. The molecule has 1 aromatic heterocycles. The first-order valence-electron chi connectivity index (χ1n) is 10.2. The number of methoxy groups -OCH3 is 1. The summed E-state index contributed by atoms with van der Waals surface area (Å²) in [5.74, 6) is 0.769. The maximum absolute atomic E-state index is 10.4. The molecule has 0 fully saturated rings. The van der Waals surface area contributed by atoms with E-state index >= 15 is 0 Å². The van der Waals surface area contributed by atoms with Crippen LogP contribution in [-0.2, 0) is 0 Å². The molecule has 5 nitrogen and oxygen atoms in total. The number of aliphatic hydroxyl groups is 1. The van der Waals surface area contributed by atoms with Crippen LogP contribution >= 0.6 is 24.0 Å². The van der Waals surface area contributed by atoms with Gasteiger partial charge >= 0.3 is 0 Å². The highest BCUT2D eigenvalue weighted by atomic mass is 35.5. The van der Waals surface area contributed by atoms with Gasteiger partial charge in [0.05, 0.1) is 29.9 Å². The molecule has 1 atom stereocenters. The van der Waals surface area contributed by atoms with Gasteiger partial charge in [0.15, 0.2) is 0 Å². The van der Waals surface area contributed by atoms with Crippen LogP contribution < -0.4 is 10.1 Å². The average Bonchev–Trinajstić information content (AvgIpc) is 2.77. The molecule has 0 saturated carbocycles. The Morgan fingerprint density at radius 1 is 1.00 bits per heavy atom. The summed E-state index contributed by atoms with van der Waals surface area (Å²) in [5, 5.41) is 16.6. The number of fused-ring (bicyclic) bond motifs is 2. The molecular weight excluding hydrogens is 445 g/mol. The zero-order chi connectivity index (χ0) is 22.0. The van der Waals surface area contributed by atoms with Crippen molar-refractivity contribution in [1.82, 2.24) is 9.88 Å². The third-order valence-electron chi connectivity index (χ3n) is 5.36. The summed E-state index contributed by atoms with van der Waals surface area (Å²) >= 11 is 6.22. The molecule has 2 N–H and O–H groups in total. The topological polar surface area (TPSA) is 57.6 Å². The van der Waals surface area contributed by atoms with Gasteiger partial charge in [0.1, 0.15) is 5.75 Å². The third-order valence-corrected chi connectivity index (χ3v) is 5.59. The first-order chi connectivity index (χ1) is 14.9. The monoisotopic (exact) mass is 471 g/mol. The predicted molar refractivity (Wildman–Crippen MR) is 136 cm³/mol. The van der Waals surface area contributed by atoms with Crippen LogP contribution in [0.2, 0.25) is 5.02 Å². The lowest BCUT2D eigenvalue weighted by molar-refractivity contribution is 0.154. The number of rotatable bonds is 7.